The van der Waals surface area contributed by atoms with Crippen LogP contribution < -0.4 is 10.6 Å². The van der Waals surface area contributed by atoms with Gasteiger partial charge in [0.2, 0.25) is 0 Å². The highest BCUT2D eigenvalue weighted by Crippen LogP contribution is 2.24. The van der Waals surface area contributed by atoms with E-state index in [9.17, 15) is 14.4 Å². The topological polar surface area (TPSA) is 93.7 Å². The first-order valence-electron chi connectivity index (χ1n) is 9.90. The molecule has 0 radical (unpaired) electrons. The van der Waals surface area contributed by atoms with Gasteiger partial charge in [-0.15, -0.1) is 0 Å². The molecule has 0 bridgehead atoms. The van der Waals surface area contributed by atoms with Crippen LogP contribution >= 0.6 is 0 Å². The standard InChI is InChI=1S/C24H26N2O5/c1-23(2,3)16-11-9-15(10-12-16)20(27)26-18-8-6-7-17(13-18)25-14-19-21(28)30-24(4,5)31-22(19)29/h6-14,25H,1-5H3,(H,26,27). The van der Waals surface area contributed by atoms with Crippen molar-refractivity contribution in [2.24, 2.45) is 0 Å². The van der Waals surface area contributed by atoms with Crippen molar-refractivity contribution in [2.45, 2.75) is 45.8 Å². The Morgan fingerprint density at radius 1 is 0.935 bits per heavy atom. The van der Waals surface area contributed by atoms with Crippen molar-refractivity contribution in [1.29, 1.82) is 0 Å². The van der Waals surface area contributed by atoms with Gasteiger partial charge < -0.3 is 20.1 Å². The molecule has 0 spiro atoms. The second kappa shape index (κ2) is 8.26. The second-order valence-electron chi connectivity index (χ2n) is 8.74. The van der Waals surface area contributed by atoms with Gasteiger partial charge in [-0.05, 0) is 41.3 Å². The first-order chi connectivity index (χ1) is 14.4. The molecule has 1 aliphatic rings. The van der Waals surface area contributed by atoms with Crippen LogP contribution in [0.1, 0.15) is 50.5 Å². The summed E-state index contributed by atoms with van der Waals surface area (Å²) in [5, 5.41) is 5.71. The average molecular weight is 422 g/mol. The van der Waals surface area contributed by atoms with E-state index in [-0.39, 0.29) is 16.9 Å². The Balaban J connectivity index is 1.68. The average Bonchev–Trinajstić information content (AvgIpc) is 2.66. The molecule has 2 aromatic rings. The number of carbonyl (C=O) groups is 3. The summed E-state index contributed by atoms with van der Waals surface area (Å²) in [5.41, 5.74) is 2.58. The number of hydrogen-bond donors (Lipinski definition) is 2. The third-order valence-electron chi connectivity index (χ3n) is 4.63. The fraction of sp³-hybridized carbons (Fsp3) is 0.292. The summed E-state index contributed by atoms with van der Waals surface area (Å²) in [6, 6.07) is 14.4. The normalized spacial score (nSPS) is 15.6. The van der Waals surface area contributed by atoms with Gasteiger partial charge in [0, 0.05) is 37.0 Å². The number of carbonyl (C=O) groups excluding carboxylic acids is 3. The molecule has 162 valence electrons. The lowest BCUT2D eigenvalue weighted by atomic mass is 9.87. The summed E-state index contributed by atoms with van der Waals surface area (Å²) < 4.78 is 10.1. The molecule has 0 unspecified atom stereocenters. The van der Waals surface area contributed by atoms with Gasteiger partial charge in [-0.3, -0.25) is 4.79 Å². The molecule has 0 saturated carbocycles. The number of rotatable bonds is 4. The van der Waals surface area contributed by atoms with Crippen LogP contribution in [0.25, 0.3) is 0 Å². The van der Waals surface area contributed by atoms with E-state index in [2.05, 4.69) is 31.4 Å². The van der Waals surface area contributed by atoms with Gasteiger partial charge in [0.15, 0.2) is 5.57 Å². The highest BCUT2D eigenvalue weighted by atomic mass is 16.7. The molecule has 7 nitrogen and oxygen atoms in total. The van der Waals surface area contributed by atoms with E-state index in [0.29, 0.717) is 16.9 Å². The molecule has 3 rings (SSSR count). The highest BCUT2D eigenvalue weighted by Gasteiger charge is 2.38. The lowest BCUT2D eigenvalue weighted by Crippen LogP contribution is -2.42. The quantitative estimate of drug-likeness (QED) is 0.432. The second-order valence-corrected chi connectivity index (χ2v) is 8.74. The monoisotopic (exact) mass is 422 g/mol. The zero-order valence-corrected chi connectivity index (χ0v) is 18.2. The minimum absolute atomic E-state index is 0.0104. The lowest BCUT2D eigenvalue weighted by molar-refractivity contribution is -0.222. The van der Waals surface area contributed by atoms with Crippen molar-refractivity contribution in [3.63, 3.8) is 0 Å². The maximum absolute atomic E-state index is 12.6. The summed E-state index contributed by atoms with van der Waals surface area (Å²) in [7, 11) is 0. The summed E-state index contributed by atoms with van der Waals surface area (Å²) in [6.45, 7) is 9.31. The molecule has 1 heterocycles. The predicted octanol–water partition coefficient (Wildman–Crippen LogP) is 4.37. The van der Waals surface area contributed by atoms with Crippen molar-refractivity contribution in [2.75, 3.05) is 10.6 Å². The van der Waals surface area contributed by atoms with Gasteiger partial charge in [-0.2, -0.15) is 0 Å². The van der Waals surface area contributed by atoms with Gasteiger partial charge in [-0.25, -0.2) is 9.59 Å². The van der Waals surface area contributed by atoms with E-state index in [1.807, 2.05) is 12.1 Å². The molecule has 7 heteroatoms. The molecule has 0 atom stereocenters. The molecule has 1 amide bonds. The molecule has 1 saturated heterocycles. The Morgan fingerprint density at radius 3 is 2.10 bits per heavy atom. The molecule has 1 fully saturated rings. The molecule has 1 aliphatic heterocycles. The lowest BCUT2D eigenvalue weighted by Gasteiger charge is -2.29. The number of anilines is 2. The molecule has 0 aliphatic carbocycles. The number of hydrogen-bond acceptors (Lipinski definition) is 6. The molecule has 2 N–H and O–H groups in total. The summed E-state index contributed by atoms with van der Waals surface area (Å²) in [5.74, 6) is -3.06. The Hall–Kier alpha value is -3.61. The predicted molar refractivity (Wildman–Crippen MR) is 118 cm³/mol. The van der Waals surface area contributed by atoms with Crippen molar-refractivity contribution in [3.8, 4) is 0 Å². The van der Waals surface area contributed by atoms with Crippen LogP contribution in [0.15, 0.2) is 60.3 Å². The van der Waals surface area contributed by atoms with E-state index in [4.69, 9.17) is 9.47 Å². The Bertz CT molecular complexity index is 1020. The first kappa shape index (κ1) is 22.1. The summed E-state index contributed by atoms with van der Waals surface area (Å²) >= 11 is 0. The van der Waals surface area contributed by atoms with Crippen molar-refractivity contribution >= 4 is 29.2 Å². The van der Waals surface area contributed by atoms with Crippen molar-refractivity contribution < 1.29 is 23.9 Å². The zero-order chi connectivity index (χ0) is 22.8. The van der Waals surface area contributed by atoms with Crippen LogP contribution in [-0.4, -0.2) is 23.6 Å². The van der Waals surface area contributed by atoms with Crippen LogP contribution in [-0.2, 0) is 24.5 Å². The van der Waals surface area contributed by atoms with Gasteiger partial charge >= 0.3 is 11.9 Å². The highest BCUT2D eigenvalue weighted by molar-refractivity contribution is 6.15. The number of benzene rings is 2. The summed E-state index contributed by atoms with van der Waals surface area (Å²) in [6.07, 6.45) is 1.23. The SMILES string of the molecule is CC1(C)OC(=O)C(=CNc2cccc(NC(=O)c3ccc(C(C)(C)C)cc3)c2)C(=O)O1. The third kappa shape index (κ3) is 5.51. The molecule has 2 aromatic carbocycles. The van der Waals surface area contributed by atoms with Crippen LogP contribution in [0.2, 0.25) is 0 Å². The molecule has 31 heavy (non-hydrogen) atoms. The number of cyclic esters (lactones) is 2. The number of esters is 2. The van der Waals surface area contributed by atoms with E-state index < -0.39 is 17.7 Å². The van der Waals surface area contributed by atoms with Crippen LogP contribution in [0, 0.1) is 0 Å². The Kier molecular flexibility index (Phi) is 5.88. The van der Waals surface area contributed by atoms with Crippen molar-refractivity contribution in [1.82, 2.24) is 0 Å². The van der Waals surface area contributed by atoms with E-state index in [0.717, 1.165) is 5.56 Å². The van der Waals surface area contributed by atoms with Gasteiger partial charge in [-0.1, -0.05) is 39.0 Å². The molecular formula is C24H26N2O5. The molecular weight excluding hydrogens is 396 g/mol. The maximum Gasteiger partial charge on any atom is 0.350 e. The fourth-order valence-electron chi connectivity index (χ4n) is 2.95. The largest absolute Gasteiger partial charge is 0.419 e. The maximum atomic E-state index is 12.6. The van der Waals surface area contributed by atoms with Gasteiger partial charge in [0.1, 0.15) is 0 Å². The third-order valence-corrected chi connectivity index (χ3v) is 4.63. The summed E-state index contributed by atoms with van der Waals surface area (Å²) in [4.78, 5) is 36.6. The van der Waals surface area contributed by atoms with Crippen LogP contribution in [0.4, 0.5) is 11.4 Å². The van der Waals surface area contributed by atoms with Crippen LogP contribution in [0.5, 0.6) is 0 Å². The fourth-order valence-corrected chi connectivity index (χ4v) is 2.95. The number of amides is 1. The van der Waals surface area contributed by atoms with Gasteiger partial charge in [0.25, 0.3) is 11.7 Å². The van der Waals surface area contributed by atoms with E-state index >= 15 is 0 Å². The Morgan fingerprint density at radius 2 is 1.52 bits per heavy atom. The van der Waals surface area contributed by atoms with Crippen LogP contribution in [0.3, 0.4) is 0 Å². The van der Waals surface area contributed by atoms with Crippen molar-refractivity contribution in [3.05, 3.63) is 71.4 Å². The molecule has 0 aromatic heterocycles. The van der Waals surface area contributed by atoms with E-state index in [1.165, 1.54) is 20.0 Å². The zero-order valence-electron chi connectivity index (χ0n) is 18.2. The van der Waals surface area contributed by atoms with Gasteiger partial charge in [0.05, 0.1) is 0 Å². The number of nitrogens with one attached hydrogen (secondary N) is 2. The Labute approximate surface area is 181 Å². The first-order valence-corrected chi connectivity index (χ1v) is 9.90. The van der Waals surface area contributed by atoms with E-state index in [1.54, 1.807) is 36.4 Å². The minimum Gasteiger partial charge on any atom is -0.419 e. The smallest absolute Gasteiger partial charge is 0.350 e. The minimum atomic E-state index is -1.29. The number of ether oxygens (including phenoxy) is 2.